The third-order valence-corrected chi connectivity index (χ3v) is 1.79. The van der Waals surface area contributed by atoms with Crippen molar-refractivity contribution in [3.8, 4) is 0 Å². The van der Waals surface area contributed by atoms with Gasteiger partial charge in [-0.15, -0.1) is 0 Å². The molecule has 0 aliphatic heterocycles. The van der Waals surface area contributed by atoms with Gasteiger partial charge in [0, 0.05) is 6.42 Å². The van der Waals surface area contributed by atoms with Gasteiger partial charge in [0.25, 0.3) is 0 Å². The maximum atomic E-state index is 9.45. The molecule has 68 valence electrons. The second-order valence-corrected chi connectivity index (χ2v) is 2.79. The molecule has 3 heteroatoms. The predicted octanol–water partition coefficient (Wildman–Crippen LogP) is 0.417. The number of rotatable bonds is 5. The van der Waals surface area contributed by atoms with Crippen LogP contribution in [0.25, 0.3) is 0 Å². The fraction of sp³-hybridized carbons (Fsp3) is 1.00. The van der Waals surface area contributed by atoms with E-state index in [-0.39, 0.29) is 0 Å². The van der Waals surface area contributed by atoms with Crippen molar-refractivity contribution in [2.45, 2.75) is 39.5 Å². The highest BCUT2D eigenvalue weighted by Gasteiger charge is 2.13. The molecule has 0 aliphatic carbocycles. The maximum Gasteiger partial charge on any atom is 0.109 e. The molecular weight excluding hydrogens is 142 g/mol. The van der Waals surface area contributed by atoms with E-state index >= 15 is 0 Å². The molecule has 0 aliphatic rings. The van der Waals surface area contributed by atoms with Gasteiger partial charge in [-0.2, -0.15) is 0 Å². The summed E-state index contributed by atoms with van der Waals surface area (Å²) in [5, 5.41) is 18.4. The van der Waals surface area contributed by atoms with Crippen molar-refractivity contribution in [2.75, 3.05) is 13.1 Å². The molecule has 0 aromatic carbocycles. The molecule has 0 saturated heterocycles. The third kappa shape index (κ3) is 4.35. The highest BCUT2D eigenvalue weighted by Crippen LogP contribution is 2.03. The lowest BCUT2D eigenvalue weighted by Crippen LogP contribution is -2.36. The van der Waals surface area contributed by atoms with Gasteiger partial charge in [0.05, 0.1) is 6.10 Å². The van der Waals surface area contributed by atoms with Gasteiger partial charge in [-0.25, -0.2) is 0 Å². The first-order valence-corrected chi connectivity index (χ1v) is 4.22. The molecule has 0 radical (unpaired) electrons. The Labute approximate surface area is 68.6 Å². The lowest BCUT2D eigenvalue weighted by Gasteiger charge is -2.25. The lowest BCUT2D eigenvalue weighted by atomic mass is 10.2. The van der Waals surface area contributed by atoms with E-state index in [2.05, 4.69) is 0 Å². The van der Waals surface area contributed by atoms with Crippen LogP contribution in [0.5, 0.6) is 0 Å². The van der Waals surface area contributed by atoms with Crippen molar-refractivity contribution in [1.29, 1.82) is 0 Å². The molecule has 0 rings (SSSR count). The quantitative estimate of drug-likeness (QED) is 0.574. The first kappa shape index (κ1) is 10.9. The zero-order valence-corrected chi connectivity index (χ0v) is 7.62. The summed E-state index contributed by atoms with van der Waals surface area (Å²) in [6, 6.07) is 0. The average molecular weight is 161 g/mol. The zero-order chi connectivity index (χ0) is 8.85. The highest BCUT2D eigenvalue weighted by atomic mass is 16.3. The van der Waals surface area contributed by atoms with Crippen molar-refractivity contribution in [2.24, 2.45) is 0 Å². The summed E-state index contributed by atoms with van der Waals surface area (Å²) >= 11 is 0. The summed E-state index contributed by atoms with van der Waals surface area (Å²) in [5.74, 6) is 0. The molecule has 0 heterocycles. The predicted molar refractivity (Wildman–Crippen MR) is 45.2 cm³/mol. The minimum Gasteiger partial charge on any atom is -0.393 e. The first-order valence-electron chi connectivity index (χ1n) is 4.22. The normalized spacial score (nSPS) is 16.9. The Bertz CT molecular complexity index is 92.1. The third-order valence-electron chi connectivity index (χ3n) is 1.79. The van der Waals surface area contributed by atoms with E-state index in [1.807, 2.05) is 18.7 Å². The van der Waals surface area contributed by atoms with Gasteiger partial charge < -0.3 is 10.2 Å². The molecule has 2 atom stereocenters. The van der Waals surface area contributed by atoms with Gasteiger partial charge in [-0.3, -0.25) is 4.90 Å². The van der Waals surface area contributed by atoms with Crippen LogP contribution in [-0.2, 0) is 0 Å². The number of nitrogens with zero attached hydrogens (tertiary/aromatic N) is 1. The fourth-order valence-corrected chi connectivity index (χ4v) is 1.10. The van der Waals surface area contributed by atoms with Gasteiger partial charge in [0.2, 0.25) is 0 Å². The summed E-state index contributed by atoms with van der Waals surface area (Å²) in [4.78, 5) is 1.91. The van der Waals surface area contributed by atoms with Crippen LogP contribution >= 0.6 is 0 Å². The Kier molecular flexibility index (Phi) is 5.46. The van der Waals surface area contributed by atoms with Gasteiger partial charge in [-0.05, 0) is 20.0 Å². The molecule has 0 amide bonds. The van der Waals surface area contributed by atoms with Gasteiger partial charge in [0.15, 0.2) is 0 Å². The van der Waals surface area contributed by atoms with E-state index in [1.165, 1.54) is 0 Å². The van der Waals surface area contributed by atoms with Crippen molar-refractivity contribution in [3.63, 3.8) is 0 Å². The number of hydrogen-bond acceptors (Lipinski definition) is 3. The number of hydrogen-bond donors (Lipinski definition) is 2. The summed E-state index contributed by atoms with van der Waals surface area (Å²) in [7, 11) is 0. The zero-order valence-electron chi connectivity index (χ0n) is 7.62. The van der Waals surface area contributed by atoms with Crippen molar-refractivity contribution in [1.82, 2.24) is 4.90 Å². The molecule has 3 nitrogen and oxygen atoms in total. The molecule has 0 fully saturated rings. The Morgan fingerprint density at radius 3 is 1.91 bits per heavy atom. The van der Waals surface area contributed by atoms with Crippen LogP contribution in [0.1, 0.15) is 27.2 Å². The van der Waals surface area contributed by atoms with Crippen molar-refractivity contribution < 1.29 is 10.2 Å². The number of aliphatic hydroxyl groups is 2. The van der Waals surface area contributed by atoms with Gasteiger partial charge >= 0.3 is 0 Å². The molecule has 0 saturated carbocycles. The Morgan fingerprint density at radius 2 is 1.64 bits per heavy atom. The van der Waals surface area contributed by atoms with E-state index in [1.54, 1.807) is 6.92 Å². The fourth-order valence-electron chi connectivity index (χ4n) is 1.10. The van der Waals surface area contributed by atoms with Crippen molar-refractivity contribution >= 4 is 0 Å². The van der Waals surface area contributed by atoms with Crippen LogP contribution < -0.4 is 0 Å². The average Bonchev–Trinajstić information content (AvgIpc) is 1.88. The summed E-state index contributed by atoms with van der Waals surface area (Å²) < 4.78 is 0. The van der Waals surface area contributed by atoms with E-state index in [0.717, 1.165) is 13.1 Å². The van der Waals surface area contributed by atoms with Crippen LogP contribution in [0.15, 0.2) is 0 Å². The Balaban J connectivity index is 3.68. The smallest absolute Gasteiger partial charge is 0.109 e. The van der Waals surface area contributed by atoms with E-state index in [4.69, 9.17) is 5.11 Å². The molecule has 11 heavy (non-hydrogen) atoms. The van der Waals surface area contributed by atoms with E-state index in [9.17, 15) is 5.11 Å². The maximum absolute atomic E-state index is 9.45. The molecular formula is C8H19NO2. The van der Waals surface area contributed by atoms with E-state index in [0.29, 0.717) is 6.42 Å². The minimum absolute atomic E-state index is 0.425. The SMILES string of the molecule is CCN(CC)C(O)CC(C)O. The topological polar surface area (TPSA) is 43.7 Å². The van der Waals surface area contributed by atoms with Crippen LogP contribution in [0.2, 0.25) is 0 Å². The molecule has 0 aromatic rings. The van der Waals surface area contributed by atoms with Crippen LogP contribution in [0.4, 0.5) is 0 Å². The second-order valence-electron chi connectivity index (χ2n) is 2.79. The molecule has 2 N–H and O–H groups in total. The molecule has 0 spiro atoms. The Hall–Kier alpha value is -0.120. The molecule has 2 unspecified atom stereocenters. The highest BCUT2D eigenvalue weighted by molar-refractivity contribution is 4.60. The minimum atomic E-state index is -0.495. The van der Waals surface area contributed by atoms with Crippen molar-refractivity contribution in [3.05, 3.63) is 0 Å². The summed E-state index contributed by atoms with van der Waals surface area (Å²) in [6.07, 6.45) is -0.489. The monoisotopic (exact) mass is 161 g/mol. The van der Waals surface area contributed by atoms with Crippen LogP contribution in [0.3, 0.4) is 0 Å². The van der Waals surface area contributed by atoms with Crippen LogP contribution in [-0.4, -0.2) is 40.5 Å². The Morgan fingerprint density at radius 1 is 1.18 bits per heavy atom. The first-order chi connectivity index (χ1) is 5.11. The largest absolute Gasteiger partial charge is 0.393 e. The lowest BCUT2D eigenvalue weighted by molar-refractivity contribution is -0.0221. The number of aliphatic hydroxyl groups excluding tert-OH is 2. The van der Waals surface area contributed by atoms with Gasteiger partial charge in [-0.1, -0.05) is 13.8 Å². The molecule has 0 aromatic heterocycles. The van der Waals surface area contributed by atoms with Crippen LogP contribution in [0, 0.1) is 0 Å². The van der Waals surface area contributed by atoms with Gasteiger partial charge in [0.1, 0.15) is 6.23 Å². The summed E-state index contributed by atoms with van der Waals surface area (Å²) in [6.45, 7) is 7.32. The standard InChI is InChI=1S/C8H19NO2/c1-4-9(5-2)8(11)6-7(3)10/h7-8,10-11H,4-6H2,1-3H3. The second kappa shape index (κ2) is 5.52. The summed E-state index contributed by atoms with van der Waals surface area (Å²) in [5.41, 5.74) is 0. The van der Waals surface area contributed by atoms with E-state index < -0.39 is 12.3 Å². The molecule has 0 bridgehead atoms.